The Balaban J connectivity index is 1.93. The van der Waals surface area contributed by atoms with Gasteiger partial charge in [0.25, 0.3) is 0 Å². The van der Waals surface area contributed by atoms with E-state index in [-0.39, 0.29) is 0 Å². The van der Waals surface area contributed by atoms with Crippen LogP contribution in [-0.2, 0) is 4.79 Å². The number of hydrogen-bond acceptors (Lipinski definition) is 6. The quantitative estimate of drug-likeness (QED) is 0.544. The molecule has 0 aliphatic carbocycles. The molecule has 2 heterocycles. The average Bonchev–Trinajstić information content (AvgIpc) is 2.78. The molecule has 0 atom stereocenters. The van der Waals surface area contributed by atoms with Gasteiger partial charge in [0.2, 0.25) is 6.41 Å². The zero-order valence-electron chi connectivity index (χ0n) is 15.6. The summed E-state index contributed by atoms with van der Waals surface area (Å²) in [5, 5.41) is 9.90. The average molecular weight is 380 g/mol. The second-order valence-electron chi connectivity index (χ2n) is 6.47. The first-order valence-electron chi connectivity index (χ1n) is 8.81. The van der Waals surface area contributed by atoms with Gasteiger partial charge < -0.3 is 10.6 Å². The van der Waals surface area contributed by atoms with Gasteiger partial charge in [0.05, 0.1) is 22.7 Å². The number of nitrogen functional groups attached to an aromatic ring is 1. The van der Waals surface area contributed by atoms with Gasteiger partial charge in [-0.1, -0.05) is 24.3 Å². The number of hydrogen-bond donors (Lipinski definition) is 1. The van der Waals surface area contributed by atoms with E-state index in [1.54, 1.807) is 19.2 Å². The first-order valence-corrected chi connectivity index (χ1v) is 8.81. The molecule has 0 saturated heterocycles. The fourth-order valence-electron chi connectivity index (χ4n) is 3.15. The van der Waals surface area contributed by atoms with E-state index in [4.69, 9.17) is 5.73 Å². The molecular formula is C22H16N6O. The molecule has 7 heteroatoms. The van der Waals surface area contributed by atoms with Gasteiger partial charge in [-0.15, -0.1) is 0 Å². The number of aromatic nitrogens is 3. The number of anilines is 2. The van der Waals surface area contributed by atoms with Crippen LogP contribution in [-0.4, -0.2) is 28.4 Å². The van der Waals surface area contributed by atoms with Crippen LogP contribution in [0.3, 0.4) is 0 Å². The number of carbonyl (C=O) groups is 1. The van der Waals surface area contributed by atoms with E-state index in [2.05, 4.69) is 21.0 Å². The maximum absolute atomic E-state index is 11.0. The molecule has 7 nitrogen and oxygen atoms in total. The molecule has 0 aliphatic heterocycles. The first kappa shape index (κ1) is 18.1. The van der Waals surface area contributed by atoms with E-state index in [0.717, 1.165) is 28.8 Å². The van der Waals surface area contributed by atoms with Gasteiger partial charge in [0.1, 0.15) is 12.1 Å². The van der Waals surface area contributed by atoms with Crippen LogP contribution < -0.4 is 10.6 Å². The topological polar surface area (TPSA) is 109 Å². The molecule has 0 bridgehead atoms. The molecule has 0 fully saturated rings. The molecule has 2 N–H and O–H groups in total. The maximum atomic E-state index is 11.0. The van der Waals surface area contributed by atoms with Gasteiger partial charge >= 0.3 is 0 Å². The smallest absolute Gasteiger partial charge is 0.213 e. The number of nitrogens with zero attached hydrogens (tertiary/aromatic N) is 5. The summed E-state index contributed by atoms with van der Waals surface area (Å²) in [6.07, 6.45) is 2.13. The van der Waals surface area contributed by atoms with Crippen molar-refractivity contribution < 1.29 is 4.79 Å². The van der Waals surface area contributed by atoms with E-state index in [0.29, 0.717) is 28.1 Å². The summed E-state index contributed by atoms with van der Waals surface area (Å²) in [6.45, 7) is 0. The zero-order chi connectivity index (χ0) is 20.4. The van der Waals surface area contributed by atoms with Crippen LogP contribution in [0.4, 0.5) is 11.5 Å². The largest absolute Gasteiger partial charge is 0.383 e. The second kappa shape index (κ2) is 7.37. The molecule has 4 aromatic rings. The van der Waals surface area contributed by atoms with E-state index in [1.165, 1.54) is 11.2 Å². The Labute approximate surface area is 167 Å². The van der Waals surface area contributed by atoms with Crippen molar-refractivity contribution in [3.05, 3.63) is 66.5 Å². The summed E-state index contributed by atoms with van der Waals surface area (Å²) in [5.41, 5.74) is 11.1. The van der Waals surface area contributed by atoms with Gasteiger partial charge in [-0.3, -0.25) is 4.79 Å². The summed E-state index contributed by atoms with van der Waals surface area (Å²) < 4.78 is 0. The van der Waals surface area contributed by atoms with Gasteiger partial charge in [-0.05, 0) is 41.5 Å². The minimum Gasteiger partial charge on any atom is -0.383 e. The molecule has 0 radical (unpaired) electrons. The second-order valence-corrected chi connectivity index (χ2v) is 6.47. The number of amides is 1. The normalized spacial score (nSPS) is 10.5. The lowest BCUT2D eigenvalue weighted by Gasteiger charge is -2.13. The van der Waals surface area contributed by atoms with Crippen molar-refractivity contribution in [3.8, 4) is 28.5 Å². The highest BCUT2D eigenvalue weighted by molar-refractivity contribution is 6.01. The Morgan fingerprint density at radius 2 is 1.86 bits per heavy atom. The molecule has 0 unspecified atom stereocenters. The van der Waals surface area contributed by atoms with Gasteiger partial charge in [0.15, 0.2) is 5.65 Å². The fourth-order valence-corrected chi connectivity index (χ4v) is 3.15. The lowest BCUT2D eigenvalue weighted by atomic mass is 9.98. The van der Waals surface area contributed by atoms with Crippen LogP contribution in [0, 0.1) is 11.3 Å². The molecule has 1 amide bonds. The van der Waals surface area contributed by atoms with Crippen LogP contribution in [0.5, 0.6) is 0 Å². The van der Waals surface area contributed by atoms with Crippen LogP contribution in [0.15, 0.2) is 60.9 Å². The number of benzene rings is 2. The van der Waals surface area contributed by atoms with Crippen molar-refractivity contribution in [3.63, 3.8) is 0 Å². The first-order chi connectivity index (χ1) is 14.1. The molecule has 2 aromatic heterocycles. The summed E-state index contributed by atoms with van der Waals surface area (Å²) in [6, 6.07) is 18.8. The lowest BCUT2D eigenvalue weighted by molar-refractivity contribution is -0.107. The number of fused-ring (bicyclic) bond motifs is 1. The summed E-state index contributed by atoms with van der Waals surface area (Å²) in [5.74, 6) is 0.328. The zero-order valence-corrected chi connectivity index (χ0v) is 15.6. The number of nitriles is 1. The fraction of sp³-hybridized carbons (Fsp3) is 0.0455. The SMILES string of the molecule is CN(C=O)c1ccc(-c2cc(-c3cccc(C#N)c3)c3c(N)ncnc3n2)cc1. The number of carbonyl (C=O) groups excluding carboxylic acids is 1. The van der Waals surface area contributed by atoms with Crippen LogP contribution in [0.1, 0.15) is 5.56 Å². The van der Waals surface area contributed by atoms with Crippen LogP contribution in [0.25, 0.3) is 33.4 Å². The predicted octanol–water partition coefficient (Wildman–Crippen LogP) is 3.41. The summed E-state index contributed by atoms with van der Waals surface area (Å²) in [4.78, 5) is 25.5. The molecule has 0 saturated carbocycles. The van der Waals surface area contributed by atoms with Crippen molar-refractivity contribution >= 4 is 28.9 Å². The third-order valence-corrected chi connectivity index (χ3v) is 4.66. The highest BCUT2D eigenvalue weighted by Crippen LogP contribution is 2.34. The van der Waals surface area contributed by atoms with Crippen LogP contribution >= 0.6 is 0 Å². The van der Waals surface area contributed by atoms with E-state index in [1.807, 2.05) is 42.5 Å². The van der Waals surface area contributed by atoms with Gasteiger partial charge in [-0.2, -0.15) is 5.26 Å². The monoisotopic (exact) mass is 380 g/mol. The van der Waals surface area contributed by atoms with Crippen molar-refractivity contribution in [1.29, 1.82) is 5.26 Å². The van der Waals surface area contributed by atoms with Crippen molar-refractivity contribution in [2.24, 2.45) is 0 Å². The number of nitrogens with two attached hydrogens (primary N) is 1. The Hall–Kier alpha value is -4.31. The maximum Gasteiger partial charge on any atom is 0.213 e. The predicted molar refractivity (Wildman–Crippen MR) is 112 cm³/mol. The highest BCUT2D eigenvalue weighted by Gasteiger charge is 2.14. The molecule has 0 spiro atoms. The van der Waals surface area contributed by atoms with Crippen LogP contribution in [0.2, 0.25) is 0 Å². The van der Waals surface area contributed by atoms with Gasteiger partial charge in [-0.25, -0.2) is 15.0 Å². The standard InChI is InChI=1S/C22H16N6O/c1-28(13-29)17-7-5-15(6-8-17)19-10-18(16-4-2-3-14(9-16)11-23)20-21(24)25-12-26-22(20)27-19/h2-10,12-13H,1H3,(H2,24,25,26,27). The van der Waals surface area contributed by atoms with Crippen molar-refractivity contribution in [2.75, 3.05) is 17.7 Å². The molecular weight excluding hydrogens is 364 g/mol. The van der Waals surface area contributed by atoms with E-state index >= 15 is 0 Å². The highest BCUT2D eigenvalue weighted by atomic mass is 16.1. The Morgan fingerprint density at radius 1 is 1.07 bits per heavy atom. The summed E-state index contributed by atoms with van der Waals surface area (Å²) >= 11 is 0. The Bertz CT molecular complexity index is 1260. The number of rotatable bonds is 4. The molecule has 29 heavy (non-hydrogen) atoms. The van der Waals surface area contributed by atoms with Crippen molar-refractivity contribution in [1.82, 2.24) is 15.0 Å². The van der Waals surface area contributed by atoms with E-state index in [9.17, 15) is 10.1 Å². The third-order valence-electron chi connectivity index (χ3n) is 4.66. The minimum atomic E-state index is 0.328. The van der Waals surface area contributed by atoms with E-state index < -0.39 is 0 Å². The Morgan fingerprint density at radius 3 is 2.59 bits per heavy atom. The van der Waals surface area contributed by atoms with Crippen molar-refractivity contribution in [2.45, 2.75) is 0 Å². The Kier molecular flexibility index (Phi) is 4.59. The minimum absolute atomic E-state index is 0.328. The molecule has 0 aliphatic rings. The number of pyridine rings is 1. The van der Waals surface area contributed by atoms with Gasteiger partial charge in [0, 0.05) is 18.3 Å². The molecule has 140 valence electrons. The molecule has 4 rings (SSSR count). The lowest BCUT2D eigenvalue weighted by Crippen LogP contribution is -2.13. The summed E-state index contributed by atoms with van der Waals surface area (Å²) in [7, 11) is 1.69. The third kappa shape index (κ3) is 3.35. The molecule has 2 aromatic carbocycles.